The highest BCUT2D eigenvalue weighted by Crippen LogP contribution is 2.06. The summed E-state index contributed by atoms with van der Waals surface area (Å²) >= 11 is 5.73. The van der Waals surface area contributed by atoms with Crippen molar-refractivity contribution in [3.8, 4) is 0 Å². The van der Waals surface area contributed by atoms with Crippen molar-refractivity contribution in [2.75, 3.05) is 6.54 Å². The SMILES string of the molecule is CCCCCNCc1ccc(CCl)cc1. The Morgan fingerprint density at radius 1 is 1.07 bits per heavy atom. The minimum atomic E-state index is 0.601. The molecule has 15 heavy (non-hydrogen) atoms. The molecule has 1 N–H and O–H groups in total. The van der Waals surface area contributed by atoms with Crippen LogP contribution in [0, 0.1) is 0 Å². The first kappa shape index (κ1) is 12.5. The van der Waals surface area contributed by atoms with Crippen molar-refractivity contribution in [2.45, 2.75) is 38.6 Å². The second-order valence-corrected chi connectivity index (χ2v) is 4.10. The standard InChI is InChI=1S/C13H20ClN/c1-2-3-4-9-15-11-13-7-5-12(10-14)6-8-13/h5-8,15H,2-4,9-11H2,1H3. The van der Waals surface area contributed by atoms with Gasteiger partial charge in [0.25, 0.3) is 0 Å². The number of halogens is 1. The monoisotopic (exact) mass is 225 g/mol. The second-order valence-electron chi connectivity index (χ2n) is 3.83. The van der Waals surface area contributed by atoms with Crippen LogP contribution in [0.25, 0.3) is 0 Å². The van der Waals surface area contributed by atoms with Crippen molar-refractivity contribution in [3.05, 3.63) is 35.4 Å². The first-order chi connectivity index (χ1) is 7.36. The molecule has 0 unspecified atom stereocenters. The molecule has 1 aromatic carbocycles. The Bertz CT molecular complexity index is 256. The second kappa shape index (κ2) is 7.72. The number of unbranched alkanes of at least 4 members (excludes halogenated alkanes) is 2. The van der Waals surface area contributed by atoms with Crippen LogP contribution in [0.15, 0.2) is 24.3 Å². The molecule has 0 bridgehead atoms. The molecule has 1 aromatic rings. The molecule has 0 fully saturated rings. The minimum absolute atomic E-state index is 0.601. The molecular formula is C13H20ClN. The van der Waals surface area contributed by atoms with Gasteiger partial charge in [-0.05, 0) is 24.1 Å². The maximum absolute atomic E-state index is 5.73. The first-order valence-electron chi connectivity index (χ1n) is 5.71. The van der Waals surface area contributed by atoms with Gasteiger partial charge in [-0.3, -0.25) is 0 Å². The molecular weight excluding hydrogens is 206 g/mol. The maximum atomic E-state index is 5.73. The zero-order valence-corrected chi connectivity index (χ0v) is 10.2. The summed E-state index contributed by atoms with van der Waals surface area (Å²) < 4.78 is 0. The molecule has 1 nitrogen and oxygen atoms in total. The minimum Gasteiger partial charge on any atom is -0.313 e. The van der Waals surface area contributed by atoms with E-state index in [-0.39, 0.29) is 0 Å². The summed E-state index contributed by atoms with van der Waals surface area (Å²) in [6.45, 7) is 4.31. The normalized spacial score (nSPS) is 10.5. The van der Waals surface area contributed by atoms with Gasteiger partial charge in [0, 0.05) is 12.4 Å². The highest BCUT2D eigenvalue weighted by molar-refractivity contribution is 6.17. The summed E-state index contributed by atoms with van der Waals surface area (Å²) in [6.07, 6.45) is 3.88. The number of nitrogens with one attached hydrogen (secondary N) is 1. The number of hydrogen-bond acceptors (Lipinski definition) is 1. The van der Waals surface area contributed by atoms with Crippen molar-refractivity contribution in [3.63, 3.8) is 0 Å². The van der Waals surface area contributed by atoms with E-state index >= 15 is 0 Å². The van der Waals surface area contributed by atoms with Crippen LogP contribution in [-0.2, 0) is 12.4 Å². The molecule has 0 radical (unpaired) electrons. The van der Waals surface area contributed by atoms with Crippen LogP contribution in [0.2, 0.25) is 0 Å². The van der Waals surface area contributed by atoms with E-state index in [0.717, 1.165) is 13.1 Å². The Balaban J connectivity index is 2.20. The van der Waals surface area contributed by atoms with E-state index in [0.29, 0.717) is 5.88 Å². The smallest absolute Gasteiger partial charge is 0.0474 e. The van der Waals surface area contributed by atoms with E-state index in [1.54, 1.807) is 0 Å². The Kier molecular flexibility index (Phi) is 6.45. The van der Waals surface area contributed by atoms with Gasteiger partial charge < -0.3 is 5.32 Å². The zero-order chi connectivity index (χ0) is 10.9. The number of hydrogen-bond donors (Lipinski definition) is 1. The van der Waals surface area contributed by atoms with E-state index in [9.17, 15) is 0 Å². The number of benzene rings is 1. The molecule has 84 valence electrons. The molecule has 0 aliphatic heterocycles. The van der Waals surface area contributed by atoms with Crippen LogP contribution >= 0.6 is 11.6 Å². The van der Waals surface area contributed by atoms with Crippen molar-refractivity contribution in [1.82, 2.24) is 5.32 Å². The molecule has 0 aliphatic rings. The Labute approximate surface area is 97.8 Å². The van der Waals surface area contributed by atoms with Crippen LogP contribution in [0.4, 0.5) is 0 Å². The summed E-state index contributed by atoms with van der Waals surface area (Å²) in [7, 11) is 0. The van der Waals surface area contributed by atoms with Crippen LogP contribution < -0.4 is 5.32 Å². The molecule has 0 spiro atoms. The quantitative estimate of drug-likeness (QED) is 0.551. The van der Waals surface area contributed by atoms with Crippen LogP contribution in [0.5, 0.6) is 0 Å². The molecule has 0 aliphatic carbocycles. The Morgan fingerprint density at radius 3 is 2.33 bits per heavy atom. The largest absolute Gasteiger partial charge is 0.313 e. The molecule has 0 aromatic heterocycles. The van der Waals surface area contributed by atoms with Gasteiger partial charge in [-0.2, -0.15) is 0 Å². The first-order valence-corrected chi connectivity index (χ1v) is 6.24. The molecule has 0 heterocycles. The summed E-state index contributed by atoms with van der Waals surface area (Å²) in [5.41, 5.74) is 2.52. The Morgan fingerprint density at radius 2 is 1.73 bits per heavy atom. The Hall–Kier alpha value is -0.530. The molecule has 1 rings (SSSR count). The summed E-state index contributed by atoms with van der Waals surface area (Å²) in [4.78, 5) is 0. The van der Waals surface area contributed by atoms with Crippen molar-refractivity contribution in [2.24, 2.45) is 0 Å². The molecule has 0 atom stereocenters. The van der Waals surface area contributed by atoms with Crippen LogP contribution in [0.1, 0.15) is 37.3 Å². The average molecular weight is 226 g/mol. The summed E-state index contributed by atoms with van der Waals surface area (Å²) in [6, 6.07) is 8.47. The van der Waals surface area contributed by atoms with Gasteiger partial charge in [-0.15, -0.1) is 11.6 Å². The van der Waals surface area contributed by atoms with Gasteiger partial charge in [-0.1, -0.05) is 44.0 Å². The summed E-state index contributed by atoms with van der Waals surface area (Å²) in [5.74, 6) is 0.601. The number of rotatable bonds is 7. The van der Waals surface area contributed by atoms with Gasteiger partial charge >= 0.3 is 0 Å². The van der Waals surface area contributed by atoms with Crippen molar-refractivity contribution < 1.29 is 0 Å². The van der Waals surface area contributed by atoms with Gasteiger partial charge in [0.1, 0.15) is 0 Å². The topological polar surface area (TPSA) is 12.0 Å². The van der Waals surface area contributed by atoms with Gasteiger partial charge in [0.2, 0.25) is 0 Å². The van der Waals surface area contributed by atoms with Crippen LogP contribution in [0.3, 0.4) is 0 Å². The molecule has 0 amide bonds. The lowest BCUT2D eigenvalue weighted by atomic mass is 10.1. The van der Waals surface area contributed by atoms with E-state index in [1.807, 2.05) is 0 Å². The average Bonchev–Trinajstić information content (AvgIpc) is 2.30. The lowest BCUT2D eigenvalue weighted by molar-refractivity contribution is 0.617. The third-order valence-corrected chi connectivity index (χ3v) is 2.77. The third-order valence-electron chi connectivity index (χ3n) is 2.46. The molecule has 0 saturated heterocycles. The lowest BCUT2D eigenvalue weighted by Crippen LogP contribution is -2.14. The van der Waals surface area contributed by atoms with E-state index in [1.165, 1.54) is 30.4 Å². The van der Waals surface area contributed by atoms with E-state index in [4.69, 9.17) is 11.6 Å². The fourth-order valence-electron chi connectivity index (χ4n) is 1.48. The highest BCUT2D eigenvalue weighted by atomic mass is 35.5. The predicted octanol–water partition coefficient (Wildman–Crippen LogP) is 3.71. The summed E-state index contributed by atoms with van der Waals surface area (Å²) in [5, 5.41) is 3.44. The van der Waals surface area contributed by atoms with Gasteiger partial charge in [0.05, 0.1) is 0 Å². The van der Waals surface area contributed by atoms with E-state index < -0.39 is 0 Å². The third kappa shape index (κ3) is 5.19. The van der Waals surface area contributed by atoms with Gasteiger partial charge in [-0.25, -0.2) is 0 Å². The molecule has 2 heteroatoms. The van der Waals surface area contributed by atoms with Crippen molar-refractivity contribution >= 4 is 11.6 Å². The highest BCUT2D eigenvalue weighted by Gasteiger charge is 1.93. The number of alkyl halides is 1. The van der Waals surface area contributed by atoms with Gasteiger partial charge in [0.15, 0.2) is 0 Å². The fraction of sp³-hybridized carbons (Fsp3) is 0.538. The zero-order valence-electron chi connectivity index (χ0n) is 9.43. The van der Waals surface area contributed by atoms with Crippen LogP contribution in [-0.4, -0.2) is 6.54 Å². The van der Waals surface area contributed by atoms with Crippen molar-refractivity contribution in [1.29, 1.82) is 0 Å². The predicted molar refractivity (Wildman–Crippen MR) is 67.2 cm³/mol. The lowest BCUT2D eigenvalue weighted by Gasteiger charge is -2.04. The maximum Gasteiger partial charge on any atom is 0.0474 e. The molecule has 0 saturated carbocycles. The fourth-order valence-corrected chi connectivity index (χ4v) is 1.66. The van der Waals surface area contributed by atoms with E-state index in [2.05, 4.69) is 36.5 Å².